The van der Waals surface area contributed by atoms with Crippen LogP contribution in [0.3, 0.4) is 0 Å². The number of aliphatic hydroxyl groups excluding tert-OH is 1. The van der Waals surface area contributed by atoms with Crippen LogP contribution >= 0.6 is 0 Å². The smallest absolute Gasteiger partial charge is 0.188 e. The summed E-state index contributed by atoms with van der Waals surface area (Å²) in [6.07, 6.45) is 12.1. The molecule has 0 aliphatic heterocycles. The molecule has 23 heavy (non-hydrogen) atoms. The maximum atomic E-state index is 10.3. The molecule has 0 aliphatic carbocycles. The van der Waals surface area contributed by atoms with Gasteiger partial charge in [-0.15, -0.1) is 0 Å². The van der Waals surface area contributed by atoms with Crippen molar-refractivity contribution in [3.05, 3.63) is 61.1 Å². The third-order valence-corrected chi connectivity index (χ3v) is 2.45. The minimum atomic E-state index is 0.389. The Hall–Kier alpha value is -2.40. The second kappa shape index (κ2) is 17.7. The first kappa shape index (κ1) is 22.9. The topological polar surface area (TPSA) is 70.9 Å². The number of nitrogens with one attached hydrogen (secondary N) is 1. The van der Waals surface area contributed by atoms with E-state index in [0.717, 1.165) is 19.0 Å². The average Bonchev–Trinajstić information content (AvgIpc) is 2.61. The van der Waals surface area contributed by atoms with Gasteiger partial charge in [-0.05, 0) is 31.6 Å². The van der Waals surface area contributed by atoms with Gasteiger partial charge in [-0.25, -0.2) is 0 Å². The van der Waals surface area contributed by atoms with Gasteiger partial charge in [-0.1, -0.05) is 37.5 Å². The molecule has 0 bridgehead atoms. The summed E-state index contributed by atoms with van der Waals surface area (Å²) in [7, 11) is 1.00. The molecular formula is C18H28N2O3. The monoisotopic (exact) mass is 320 g/mol. The van der Waals surface area contributed by atoms with E-state index in [2.05, 4.69) is 23.5 Å². The zero-order valence-corrected chi connectivity index (χ0v) is 14.3. The van der Waals surface area contributed by atoms with Gasteiger partial charge in [0.1, 0.15) is 18.7 Å². The maximum Gasteiger partial charge on any atom is 0.188 e. The predicted molar refractivity (Wildman–Crippen MR) is 97.3 cm³/mol. The van der Waals surface area contributed by atoms with Gasteiger partial charge < -0.3 is 20.0 Å². The van der Waals surface area contributed by atoms with Gasteiger partial charge in [0, 0.05) is 20.1 Å². The molecule has 0 aromatic carbocycles. The first-order chi connectivity index (χ1) is 11.2. The largest absolute Gasteiger partial charge is 0.474 e. The maximum absolute atomic E-state index is 10.3. The summed E-state index contributed by atoms with van der Waals surface area (Å²) in [5, 5.41) is 10.0. The van der Waals surface area contributed by atoms with Crippen LogP contribution in [0, 0.1) is 0 Å². The van der Waals surface area contributed by atoms with Crippen LogP contribution in [0.5, 0.6) is 0 Å². The van der Waals surface area contributed by atoms with Crippen molar-refractivity contribution in [2.24, 2.45) is 4.99 Å². The average molecular weight is 320 g/mol. The van der Waals surface area contributed by atoms with Crippen LogP contribution in [0.25, 0.3) is 0 Å². The Morgan fingerprint density at radius 1 is 1.26 bits per heavy atom. The number of aliphatic hydroxyl groups is 1. The summed E-state index contributed by atoms with van der Waals surface area (Å²) in [5.74, 6) is 1.17. The summed E-state index contributed by atoms with van der Waals surface area (Å²) >= 11 is 0. The number of hydrogen-bond donors (Lipinski definition) is 2. The van der Waals surface area contributed by atoms with Crippen LogP contribution in [0.1, 0.15) is 20.3 Å². The number of hydrogen-bond acceptors (Lipinski definition) is 4. The van der Waals surface area contributed by atoms with E-state index < -0.39 is 0 Å². The predicted octanol–water partition coefficient (Wildman–Crippen LogP) is 2.92. The first-order valence-electron chi connectivity index (χ1n) is 7.27. The van der Waals surface area contributed by atoms with Crippen molar-refractivity contribution < 1.29 is 14.6 Å². The number of allylic oxidation sites excluding steroid dienone is 4. The SMILES string of the molecule is C=C/C=C\C(=C/C)CO/C(=C/C)NC(C=C)=NCCC=O.CO. The van der Waals surface area contributed by atoms with Gasteiger partial charge in [0.15, 0.2) is 5.88 Å². The van der Waals surface area contributed by atoms with Crippen LogP contribution in [-0.2, 0) is 9.53 Å². The number of ether oxygens (including phenoxy) is 1. The standard InChI is InChI=1S/C17H24N2O2.CH4O/c1-5-9-11-15(6-2)14-21-17(8-4)19-16(7-3)18-12-10-13-20;1-2/h5-9,11,13H,1,3,10,12,14H2,2,4H3,(H,18,19);2H,1H3/b11-9-,15-6+,17-8+;. The first-order valence-corrected chi connectivity index (χ1v) is 7.27. The van der Waals surface area contributed by atoms with Crippen molar-refractivity contribution >= 4 is 12.1 Å². The van der Waals surface area contributed by atoms with Crippen molar-refractivity contribution in [1.82, 2.24) is 5.32 Å². The third-order valence-electron chi connectivity index (χ3n) is 2.45. The Morgan fingerprint density at radius 2 is 1.96 bits per heavy atom. The molecule has 0 unspecified atom stereocenters. The van der Waals surface area contributed by atoms with Gasteiger partial charge in [0.25, 0.3) is 0 Å². The van der Waals surface area contributed by atoms with E-state index in [1.54, 1.807) is 12.2 Å². The Balaban J connectivity index is 0. The lowest BCUT2D eigenvalue weighted by atomic mass is 10.2. The van der Waals surface area contributed by atoms with Crippen LogP contribution in [0.4, 0.5) is 0 Å². The molecule has 2 N–H and O–H groups in total. The van der Waals surface area contributed by atoms with E-state index in [-0.39, 0.29) is 0 Å². The number of carbonyl (C=O) groups excluding carboxylic acids is 1. The Morgan fingerprint density at radius 3 is 2.43 bits per heavy atom. The summed E-state index contributed by atoms with van der Waals surface area (Å²) in [5.41, 5.74) is 1.04. The highest BCUT2D eigenvalue weighted by molar-refractivity contribution is 5.93. The number of aldehydes is 1. The number of carbonyl (C=O) groups is 1. The van der Waals surface area contributed by atoms with Crippen molar-refractivity contribution in [1.29, 1.82) is 0 Å². The number of aliphatic imine (C=N–C) groups is 1. The molecule has 5 nitrogen and oxygen atoms in total. The van der Waals surface area contributed by atoms with Gasteiger partial charge in [-0.2, -0.15) is 0 Å². The van der Waals surface area contributed by atoms with E-state index in [1.165, 1.54) is 0 Å². The molecule has 0 aromatic rings. The second-order valence-electron chi connectivity index (χ2n) is 3.95. The molecule has 0 saturated carbocycles. The van der Waals surface area contributed by atoms with Gasteiger partial charge >= 0.3 is 0 Å². The summed E-state index contributed by atoms with van der Waals surface area (Å²) in [4.78, 5) is 14.5. The Kier molecular flexibility index (Phi) is 17.6. The molecule has 0 spiro atoms. The summed E-state index contributed by atoms with van der Waals surface area (Å²) in [6.45, 7) is 12.0. The van der Waals surface area contributed by atoms with E-state index >= 15 is 0 Å². The molecule has 0 saturated heterocycles. The minimum absolute atomic E-state index is 0.389. The molecule has 128 valence electrons. The lowest BCUT2D eigenvalue weighted by Crippen LogP contribution is -2.23. The molecule has 0 amide bonds. The molecule has 0 aliphatic rings. The highest BCUT2D eigenvalue weighted by atomic mass is 16.5. The molecule has 0 atom stereocenters. The van der Waals surface area contributed by atoms with Crippen LogP contribution in [0.15, 0.2) is 66.1 Å². The van der Waals surface area contributed by atoms with E-state index in [0.29, 0.717) is 31.3 Å². The fraction of sp³-hybridized carbons (Fsp3) is 0.333. The van der Waals surface area contributed by atoms with Gasteiger partial charge in [0.2, 0.25) is 0 Å². The normalized spacial score (nSPS) is 12.3. The van der Waals surface area contributed by atoms with Crippen molar-refractivity contribution in [3.63, 3.8) is 0 Å². The van der Waals surface area contributed by atoms with E-state index in [4.69, 9.17) is 9.84 Å². The number of nitrogens with zero attached hydrogens (tertiary/aromatic N) is 1. The zero-order valence-electron chi connectivity index (χ0n) is 14.3. The van der Waals surface area contributed by atoms with Crippen LogP contribution < -0.4 is 5.32 Å². The highest BCUT2D eigenvalue weighted by Gasteiger charge is 2.01. The molecule has 0 rings (SSSR count). The minimum Gasteiger partial charge on any atom is -0.474 e. The summed E-state index contributed by atoms with van der Waals surface area (Å²) in [6, 6.07) is 0. The second-order valence-corrected chi connectivity index (χ2v) is 3.95. The van der Waals surface area contributed by atoms with Gasteiger partial charge in [-0.3, -0.25) is 4.99 Å². The lowest BCUT2D eigenvalue weighted by Gasteiger charge is -2.13. The lowest BCUT2D eigenvalue weighted by molar-refractivity contribution is -0.107. The van der Waals surface area contributed by atoms with E-state index in [1.807, 2.05) is 38.2 Å². The quantitative estimate of drug-likeness (QED) is 0.162. The number of rotatable bonds is 10. The third kappa shape index (κ3) is 13.0. The van der Waals surface area contributed by atoms with Crippen molar-refractivity contribution in [3.8, 4) is 0 Å². The van der Waals surface area contributed by atoms with Crippen molar-refractivity contribution in [2.75, 3.05) is 20.3 Å². The molecule has 0 heterocycles. The zero-order chi connectivity index (χ0) is 17.9. The molecular weight excluding hydrogens is 292 g/mol. The number of amidine groups is 1. The van der Waals surface area contributed by atoms with Crippen LogP contribution in [0.2, 0.25) is 0 Å². The van der Waals surface area contributed by atoms with Gasteiger partial charge in [0.05, 0.1) is 0 Å². The molecule has 5 heteroatoms. The fourth-order valence-electron chi connectivity index (χ4n) is 1.29. The molecule has 0 aromatic heterocycles. The van der Waals surface area contributed by atoms with E-state index in [9.17, 15) is 4.79 Å². The molecule has 0 radical (unpaired) electrons. The fourth-order valence-corrected chi connectivity index (χ4v) is 1.29. The Labute approximate surface area is 139 Å². The Bertz CT molecular complexity index is 461. The summed E-state index contributed by atoms with van der Waals surface area (Å²) < 4.78 is 5.68. The molecule has 0 fully saturated rings. The van der Waals surface area contributed by atoms with Crippen LogP contribution in [-0.4, -0.2) is 37.5 Å². The highest BCUT2D eigenvalue weighted by Crippen LogP contribution is 2.03. The van der Waals surface area contributed by atoms with Crippen molar-refractivity contribution in [2.45, 2.75) is 20.3 Å².